The molecule has 0 bridgehead atoms. The van der Waals surface area contributed by atoms with E-state index in [0.29, 0.717) is 0 Å². The average molecular weight is 311 g/mol. The molecule has 0 aromatic heterocycles. The first kappa shape index (κ1) is 14.2. The number of hydrogen-bond donors (Lipinski definition) is 1. The van der Waals surface area contributed by atoms with E-state index >= 15 is 0 Å². The molecule has 3 rings (SSSR count). The van der Waals surface area contributed by atoms with Gasteiger partial charge in [-0.15, -0.1) is 12.6 Å². The second-order valence-electron chi connectivity index (χ2n) is 5.72. The molecule has 1 nitrogen and oxygen atoms in total. The van der Waals surface area contributed by atoms with Crippen molar-refractivity contribution < 1.29 is 17.1 Å². The SMILES string of the molecule is S=C(S)N1C2CCCCC2C2CCCCC21.[Fe+3]. The molecule has 1 heterocycles. The van der Waals surface area contributed by atoms with Crippen LogP contribution in [-0.4, -0.2) is 21.3 Å². The first-order chi connectivity index (χ1) is 7.79. The Balaban J connectivity index is 0.00000108. The third-order valence-electron chi connectivity index (χ3n) is 5.05. The fraction of sp³-hybridized carbons (Fsp3) is 0.923. The molecule has 1 radical (unpaired) electrons. The van der Waals surface area contributed by atoms with Gasteiger partial charge in [-0.25, -0.2) is 0 Å². The summed E-state index contributed by atoms with van der Waals surface area (Å²) in [4.78, 5) is 2.52. The van der Waals surface area contributed by atoms with Gasteiger partial charge in [-0.3, -0.25) is 0 Å². The van der Waals surface area contributed by atoms with Crippen molar-refractivity contribution >= 4 is 29.2 Å². The monoisotopic (exact) mass is 311 g/mol. The summed E-state index contributed by atoms with van der Waals surface area (Å²) in [5, 5.41) is 0. The molecule has 0 amide bonds. The Morgan fingerprint density at radius 3 is 1.71 bits per heavy atom. The number of likely N-dealkylation sites (tertiary alicyclic amines) is 1. The third kappa shape index (κ3) is 2.43. The van der Waals surface area contributed by atoms with Crippen LogP contribution in [0.2, 0.25) is 0 Å². The molecule has 0 aromatic carbocycles. The quantitative estimate of drug-likeness (QED) is 0.413. The van der Waals surface area contributed by atoms with Gasteiger partial charge in [0.25, 0.3) is 0 Å². The molecule has 3 aliphatic rings. The van der Waals surface area contributed by atoms with Gasteiger partial charge in [0, 0.05) is 12.1 Å². The molecule has 95 valence electrons. The summed E-state index contributed by atoms with van der Waals surface area (Å²) >= 11 is 9.87. The van der Waals surface area contributed by atoms with Crippen molar-refractivity contribution in [3.8, 4) is 0 Å². The van der Waals surface area contributed by atoms with Crippen LogP contribution in [0.15, 0.2) is 0 Å². The minimum Gasteiger partial charge on any atom is -0.351 e. The normalized spacial score (nSPS) is 40.2. The van der Waals surface area contributed by atoms with E-state index in [1.54, 1.807) is 0 Å². The molecule has 4 atom stereocenters. The molecule has 17 heavy (non-hydrogen) atoms. The van der Waals surface area contributed by atoms with E-state index < -0.39 is 0 Å². The summed E-state index contributed by atoms with van der Waals surface area (Å²) in [5.74, 6) is 1.87. The summed E-state index contributed by atoms with van der Waals surface area (Å²) in [5.41, 5.74) is 0. The molecule has 2 aliphatic carbocycles. The zero-order valence-corrected chi connectivity index (χ0v) is 12.9. The second-order valence-corrected chi connectivity index (χ2v) is 6.83. The first-order valence-corrected chi connectivity index (χ1v) is 7.66. The van der Waals surface area contributed by atoms with E-state index in [1.165, 1.54) is 51.4 Å². The molecular formula is C13H21FeNS2+3. The molecule has 4 unspecified atom stereocenters. The number of hydrogen-bond acceptors (Lipinski definition) is 1. The largest absolute Gasteiger partial charge is 3.00 e. The number of fused-ring (bicyclic) bond motifs is 3. The van der Waals surface area contributed by atoms with Crippen molar-refractivity contribution in [2.24, 2.45) is 11.8 Å². The van der Waals surface area contributed by atoms with Gasteiger partial charge < -0.3 is 4.90 Å². The molecule has 0 aromatic rings. The Labute approximate surface area is 126 Å². The van der Waals surface area contributed by atoms with Crippen molar-refractivity contribution in [1.29, 1.82) is 0 Å². The zero-order valence-electron chi connectivity index (χ0n) is 10.1. The van der Waals surface area contributed by atoms with Gasteiger partial charge in [0.2, 0.25) is 0 Å². The smallest absolute Gasteiger partial charge is 0.351 e. The molecule has 1 aliphatic heterocycles. The first-order valence-electron chi connectivity index (χ1n) is 6.80. The van der Waals surface area contributed by atoms with Crippen LogP contribution >= 0.6 is 24.8 Å². The van der Waals surface area contributed by atoms with Gasteiger partial charge in [-0.2, -0.15) is 0 Å². The Bertz CT molecular complexity index is 275. The van der Waals surface area contributed by atoms with E-state index in [0.717, 1.165) is 28.2 Å². The van der Waals surface area contributed by atoms with Crippen molar-refractivity contribution in [3.63, 3.8) is 0 Å². The Kier molecular flexibility index (Phi) is 4.85. The van der Waals surface area contributed by atoms with Gasteiger partial charge in [-0.1, -0.05) is 37.9 Å². The van der Waals surface area contributed by atoms with Crippen molar-refractivity contribution in [3.05, 3.63) is 0 Å². The van der Waals surface area contributed by atoms with E-state index in [2.05, 4.69) is 17.5 Å². The molecule has 0 N–H and O–H groups in total. The predicted molar refractivity (Wildman–Crippen MR) is 74.9 cm³/mol. The van der Waals surface area contributed by atoms with E-state index in [9.17, 15) is 0 Å². The maximum absolute atomic E-state index is 5.38. The second kappa shape index (κ2) is 5.81. The van der Waals surface area contributed by atoms with Crippen LogP contribution in [0.3, 0.4) is 0 Å². The standard InChI is InChI=1S/C13H21NS2.Fe/c15-13(16)14-11-7-3-1-5-9(11)10-6-2-4-8-12(10)14;/h9-12H,1-8H2,(H,15,16);/q;+3. The van der Waals surface area contributed by atoms with Gasteiger partial charge >= 0.3 is 17.1 Å². The van der Waals surface area contributed by atoms with Gasteiger partial charge in [-0.05, 0) is 37.5 Å². The fourth-order valence-corrected chi connectivity index (χ4v) is 5.07. The Morgan fingerprint density at radius 2 is 1.29 bits per heavy atom. The number of nitrogens with zero attached hydrogens (tertiary/aromatic N) is 1. The minimum absolute atomic E-state index is 0. The van der Waals surface area contributed by atoms with Crippen LogP contribution in [0, 0.1) is 11.8 Å². The van der Waals surface area contributed by atoms with E-state index in [-0.39, 0.29) is 17.1 Å². The Morgan fingerprint density at radius 1 is 0.882 bits per heavy atom. The van der Waals surface area contributed by atoms with Crippen molar-refractivity contribution in [2.45, 2.75) is 63.5 Å². The topological polar surface area (TPSA) is 3.24 Å². The number of thiocarbonyl (C=S) groups is 1. The third-order valence-corrected chi connectivity index (χ3v) is 5.49. The summed E-state index contributed by atoms with van der Waals surface area (Å²) < 4.78 is 0.867. The minimum atomic E-state index is 0. The summed E-state index contributed by atoms with van der Waals surface area (Å²) in [6, 6.07) is 1.48. The van der Waals surface area contributed by atoms with Gasteiger partial charge in [0.05, 0.1) is 0 Å². The van der Waals surface area contributed by atoms with E-state index in [1.807, 2.05) is 0 Å². The van der Waals surface area contributed by atoms with Crippen molar-refractivity contribution in [1.82, 2.24) is 4.90 Å². The maximum Gasteiger partial charge on any atom is 3.00 e. The summed E-state index contributed by atoms with van der Waals surface area (Å²) in [6.45, 7) is 0. The van der Waals surface area contributed by atoms with Gasteiger partial charge in [0.1, 0.15) is 4.32 Å². The van der Waals surface area contributed by atoms with Crippen LogP contribution in [0.1, 0.15) is 51.4 Å². The fourth-order valence-electron chi connectivity index (χ4n) is 4.50. The number of thiol groups is 1. The molecule has 4 heteroatoms. The summed E-state index contributed by atoms with van der Waals surface area (Å²) in [7, 11) is 0. The van der Waals surface area contributed by atoms with Crippen LogP contribution in [0.25, 0.3) is 0 Å². The van der Waals surface area contributed by atoms with Gasteiger partial charge in [0.15, 0.2) is 0 Å². The molecular weight excluding hydrogens is 290 g/mol. The van der Waals surface area contributed by atoms with Crippen LogP contribution in [0.5, 0.6) is 0 Å². The Hall–Kier alpha value is 0.759. The van der Waals surface area contributed by atoms with E-state index in [4.69, 9.17) is 12.2 Å². The van der Waals surface area contributed by atoms with Crippen LogP contribution < -0.4 is 0 Å². The van der Waals surface area contributed by atoms with Crippen LogP contribution in [0.4, 0.5) is 0 Å². The molecule has 3 fully saturated rings. The number of rotatable bonds is 0. The summed E-state index contributed by atoms with van der Waals surface area (Å²) in [6.07, 6.45) is 11.3. The molecule has 0 spiro atoms. The predicted octanol–water partition coefficient (Wildman–Crippen LogP) is 3.63. The molecule has 1 saturated heterocycles. The maximum atomic E-state index is 5.38. The zero-order chi connectivity index (χ0) is 11.1. The van der Waals surface area contributed by atoms with Crippen molar-refractivity contribution in [2.75, 3.05) is 0 Å². The molecule has 2 saturated carbocycles. The average Bonchev–Trinajstić information content (AvgIpc) is 2.63. The van der Waals surface area contributed by atoms with Crippen LogP contribution in [-0.2, 0) is 17.1 Å².